The van der Waals surface area contributed by atoms with E-state index in [4.69, 9.17) is 5.11 Å². The van der Waals surface area contributed by atoms with E-state index in [0.717, 1.165) is 11.4 Å². The van der Waals surface area contributed by atoms with Gasteiger partial charge in [-0.05, 0) is 26.3 Å². The highest BCUT2D eigenvalue weighted by molar-refractivity contribution is 5.91. The first-order valence-corrected chi connectivity index (χ1v) is 6.18. The standard InChI is InChI=1S/C12H17N5O2/c1-4-9(6-18)14-11(19)10-15-12-13-7(2)5-8(3)17(12)16-10/h5,9,18H,4,6H2,1-3H3,(H,14,19)/t9-/m0/s1. The Morgan fingerprint density at radius 3 is 2.84 bits per heavy atom. The maximum absolute atomic E-state index is 12.0. The highest BCUT2D eigenvalue weighted by atomic mass is 16.3. The molecule has 7 nitrogen and oxygen atoms in total. The number of carbonyl (C=O) groups excluding carboxylic acids is 1. The van der Waals surface area contributed by atoms with Gasteiger partial charge in [-0.3, -0.25) is 4.79 Å². The number of amides is 1. The van der Waals surface area contributed by atoms with Crippen molar-refractivity contribution in [2.75, 3.05) is 6.61 Å². The molecule has 102 valence electrons. The highest BCUT2D eigenvalue weighted by Crippen LogP contribution is 2.05. The first kappa shape index (κ1) is 13.4. The number of nitrogens with one attached hydrogen (secondary N) is 1. The molecule has 0 aliphatic heterocycles. The van der Waals surface area contributed by atoms with Crippen LogP contribution in [0.25, 0.3) is 5.78 Å². The fourth-order valence-electron chi connectivity index (χ4n) is 1.79. The van der Waals surface area contributed by atoms with Gasteiger partial charge in [0.25, 0.3) is 11.7 Å². The Labute approximate surface area is 110 Å². The molecule has 7 heteroatoms. The van der Waals surface area contributed by atoms with Crippen molar-refractivity contribution in [2.45, 2.75) is 33.2 Å². The lowest BCUT2D eigenvalue weighted by Gasteiger charge is -2.11. The van der Waals surface area contributed by atoms with Gasteiger partial charge in [-0.2, -0.15) is 4.98 Å². The zero-order chi connectivity index (χ0) is 14.0. The quantitative estimate of drug-likeness (QED) is 0.824. The number of aliphatic hydroxyl groups is 1. The molecule has 2 heterocycles. The van der Waals surface area contributed by atoms with E-state index in [1.54, 1.807) is 0 Å². The first-order chi connectivity index (χ1) is 9.05. The number of hydrogen-bond acceptors (Lipinski definition) is 5. The molecule has 0 unspecified atom stereocenters. The summed E-state index contributed by atoms with van der Waals surface area (Å²) in [5.74, 6) is 0.0660. The van der Waals surface area contributed by atoms with Gasteiger partial charge in [-0.1, -0.05) is 6.92 Å². The number of rotatable bonds is 4. The molecule has 1 atom stereocenters. The molecule has 0 fully saturated rings. The van der Waals surface area contributed by atoms with Crippen LogP contribution in [-0.2, 0) is 0 Å². The normalized spacial score (nSPS) is 12.6. The number of hydrogen-bond donors (Lipinski definition) is 2. The minimum Gasteiger partial charge on any atom is -0.394 e. The molecule has 2 aromatic rings. The summed E-state index contributed by atoms with van der Waals surface area (Å²) in [5.41, 5.74) is 1.69. The monoisotopic (exact) mass is 263 g/mol. The van der Waals surface area contributed by atoms with Crippen molar-refractivity contribution in [3.05, 3.63) is 23.3 Å². The van der Waals surface area contributed by atoms with E-state index in [1.807, 2.05) is 26.8 Å². The van der Waals surface area contributed by atoms with E-state index in [-0.39, 0.29) is 18.5 Å². The summed E-state index contributed by atoms with van der Waals surface area (Å²) in [4.78, 5) is 20.3. The van der Waals surface area contributed by atoms with Crippen molar-refractivity contribution in [3.63, 3.8) is 0 Å². The largest absolute Gasteiger partial charge is 0.394 e. The van der Waals surface area contributed by atoms with Gasteiger partial charge < -0.3 is 10.4 Å². The molecule has 1 amide bonds. The van der Waals surface area contributed by atoms with Gasteiger partial charge in [0, 0.05) is 11.4 Å². The van der Waals surface area contributed by atoms with Crippen LogP contribution in [0.1, 0.15) is 35.4 Å². The summed E-state index contributed by atoms with van der Waals surface area (Å²) in [6, 6.07) is 1.58. The average Bonchev–Trinajstić information content (AvgIpc) is 2.79. The van der Waals surface area contributed by atoms with E-state index >= 15 is 0 Å². The van der Waals surface area contributed by atoms with Crippen LogP contribution in [-0.4, -0.2) is 43.2 Å². The van der Waals surface area contributed by atoms with E-state index in [0.29, 0.717) is 12.2 Å². The van der Waals surface area contributed by atoms with Crippen molar-refractivity contribution in [1.29, 1.82) is 0 Å². The smallest absolute Gasteiger partial charge is 0.291 e. The minimum absolute atomic E-state index is 0.0631. The van der Waals surface area contributed by atoms with E-state index in [9.17, 15) is 4.79 Å². The number of aromatic nitrogens is 4. The van der Waals surface area contributed by atoms with E-state index < -0.39 is 5.91 Å². The molecule has 2 aromatic heterocycles. The van der Waals surface area contributed by atoms with Crippen LogP contribution in [0.2, 0.25) is 0 Å². The second-order valence-electron chi connectivity index (χ2n) is 4.45. The number of aliphatic hydroxyl groups excluding tert-OH is 1. The predicted molar refractivity (Wildman–Crippen MR) is 68.9 cm³/mol. The van der Waals surface area contributed by atoms with Crippen molar-refractivity contribution in [1.82, 2.24) is 24.9 Å². The SMILES string of the molecule is CC[C@@H](CO)NC(=O)c1nc2nc(C)cc(C)n2n1. The van der Waals surface area contributed by atoms with E-state index in [1.165, 1.54) is 4.52 Å². The van der Waals surface area contributed by atoms with Crippen molar-refractivity contribution in [3.8, 4) is 0 Å². The van der Waals surface area contributed by atoms with Crippen LogP contribution >= 0.6 is 0 Å². The van der Waals surface area contributed by atoms with Gasteiger partial charge in [0.1, 0.15) is 0 Å². The Kier molecular flexibility index (Phi) is 3.75. The molecule has 19 heavy (non-hydrogen) atoms. The molecular formula is C12H17N5O2. The maximum atomic E-state index is 12.0. The summed E-state index contributed by atoms with van der Waals surface area (Å²) in [6.07, 6.45) is 0.645. The van der Waals surface area contributed by atoms with Gasteiger partial charge in [-0.15, -0.1) is 5.10 Å². The van der Waals surface area contributed by atoms with Gasteiger partial charge in [0.15, 0.2) is 0 Å². The first-order valence-electron chi connectivity index (χ1n) is 6.18. The Bertz CT molecular complexity index is 603. The number of nitrogens with zero attached hydrogens (tertiary/aromatic N) is 4. The summed E-state index contributed by atoms with van der Waals surface area (Å²) >= 11 is 0. The van der Waals surface area contributed by atoms with Gasteiger partial charge >= 0.3 is 0 Å². The molecule has 0 radical (unpaired) electrons. The maximum Gasteiger partial charge on any atom is 0.291 e. The summed E-state index contributed by atoms with van der Waals surface area (Å²) < 4.78 is 1.53. The molecule has 0 aromatic carbocycles. The number of aryl methyl sites for hydroxylation is 2. The third-order valence-electron chi connectivity index (χ3n) is 2.87. The summed E-state index contributed by atoms with van der Waals surface area (Å²) in [6.45, 7) is 5.51. The Morgan fingerprint density at radius 1 is 1.47 bits per heavy atom. The molecule has 0 saturated heterocycles. The molecular weight excluding hydrogens is 246 g/mol. The zero-order valence-corrected chi connectivity index (χ0v) is 11.2. The fourth-order valence-corrected chi connectivity index (χ4v) is 1.79. The lowest BCUT2D eigenvalue weighted by atomic mass is 10.2. The van der Waals surface area contributed by atoms with Crippen LogP contribution in [0, 0.1) is 13.8 Å². The lowest BCUT2D eigenvalue weighted by Crippen LogP contribution is -2.37. The highest BCUT2D eigenvalue weighted by Gasteiger charge is 2.17. The predicted octanol–water partition coefficient (Wildman–Crippen LogP) is 0.242. The van der Waals surface area contributed by atoms with Crippen molar-refractivity contribution < 1.29 is 9.90 Å². The molecule has 2 rings (SSSR count). The van der Waals surface area contributed by atoms with Crippen LogP contribution in [0.3, 0.4) is 0 Å². The van der Waals surface area contributed by atoms with Gasteiger partial charge in [0.2, 0.25) is 5.82 Å². The van der Waals surface area contributed by atoms with Gasteiger partial charge in [-0.25, -0.2) is 9.50 Å². The third kappa shape index (κ3) is 2.70. The lowest BCUT2D eigenvalue weighted by molar-refractivity contribution is 0.0904. The molecule has 0 spiro atoms. The minimum atomic E-state index is -0.400. The Hall–Kier alpha value is -2.02. The summed E-state index contributed by atoms with van der Waals surface area (Å²) in [7, 11) is 0. The van der Waals surface area contributed by atoms with E-state index in [2.05, 4.69) is 20.4 Å². The molecule has 0 aliphatic rings. The van der Waals surface area contributed by atoms with Crippen LogP contribution in [0.4, 0.5) is 0 Å². The van der Waals surface area contributed by atoms with Crippen LogP contribution < -0.4 is 5.32 Å². The number of fused-ring (bicyclic) bond motifs is 1. The van der Waals surface area contributed by atoms with Crippen molar-refractivity contribution in [2.24, 2.45) is 0 Å². The fraction of sp³-hybridized carbons (Fsp3) is 0.500. The average molecular weight is 263 g/mol. The van der Waals surface area contributed by atoms with Crippen LogP contribution in [0.15, 0.2) is 6.07 Å². The number of carbonyl (C=O) groups is 1. The molecule has 2 N–H and O–H groups in total. The van der Waals surface area contributed by atoms with Crippen molar-refractivity contribution >= 4 is 11.7 Å². The zero-order valence-electron chi connectivity index (χ0n) is 11.2. The topological polar surface area (TPSA) is 92.4 Å². The molecule has 0 saturated carbocycles. The third-order valence-corrected chi connectivity index (χ3v) is 2.87. The molecule has 0 bridgehead atoms. The molecule has 0 aliphatic carbocycles. The second kappa shape index (κ2) is 5.31. The summed E-state index contributed by atoms with van der Waals surface area (Å²) in [5, 5.41) is 15.9. The second-order valence-corrected chi connectivity index (χ2v) is 4.45. The van der Waals surface area contributed by atoms with Gasteiger partial charge in [0.05, 0.1) is 12.6 Å². The van der Waals surface area contributed by atoms with Crippen LogP contribution in [0.5, 0.6) is 0 Å². The Balaban J connectivity index is 2.31. The Morgan fingerprint density at radius 2 is 2.21 bits per heavy atom.